The van der Waals surface area contributed by atoms with Crippen LogP contribution in [-0.2, 0) is 9.59 Å². The van der Waals surface area contributed by atoms with Crippen LogP contribution in [0.2, 0.25) is 0 Å². The second-order valence-electron chi connectivity index (χ2n) is 5.73. The first-order valence-electron chi connectivity index (χ1n) is 7.79. The van der Waals surface area contributed by atoms with E-state index in [1.54, 1.807) is 12.1 Å². The van der Waals surface area contributed by atoms with Gasteiger partial charge in [-0.15, -0.1) is 0 Å². The quantitative estimate of drug-likeness (QED) is 0.622. The number of primary amides is 1. The number of carbonyl (C=O) groups excluding carboxylic acids is 3. The minimum atomic E-state index is -0.603. The summed E-state index contributed by atoms with van der Waals surface area (Å²) in [5, 5.41) is 2.75. The van der Waals surface area contributed by atoms with Crippen molar-refractivity contribution >= 4 is 17.8 Å². The molecule has 0 aliphatic carbocycles. The molecule has 2 aromatic carbocycles. The molecule has 0 fully saturated rings. The van der Waals surface area contributed by atoms with Gasteiger partial charge in [-0.05, 0) is 30.7 Å². The predicted molar refractivity (Wildman–Crippen MR) is 92.9 cm³/mol. The number of esters is 1. The number of carbonyl (C=O) groups is 3. The molecule has 0 saturated heterocycles. The van der Waals surface area contributed by atoms with E-state index in [4.69, 9.17) is 10.5 Å². The molecule has 0 aliphatic heterocycles. The number of rotatable bonds is 6. The van der Waals surface area contributed by atoms with Crippen LogP contribution in [0.1, 0.15) is 40.9 Å². The van der Waals surface area contributed by atoms with Gasteiger partial charge in [0, 0.05) is 12.5 Å². The SMILES string of the molecule is CC(=O)NC(CC(=O)Oc1cccc(C(N)=O)c1)c1ccc(C)cc1. The Morgan fingerprint density at radius 2 is 1.80 bits per heavy atom. The number of nitrogens with one attached hydrogen (secondary N) is 1. The van der Waals surface area contributed by atoms with Gasteiger partial charge in [0.15, 0.2) is 0 Å². The molecule has 0 heterocycles. The standard InChI is InChI=1S/C19H20N2O4/c1-12-6-8-14(9-7-12)17(21-13(2)22)11-18(23)25-16-5-3-4-15(10-16)19(20)24/h3-10,17H,11H2,1-2H3,(H2,20,24)(H,21,22). The van der Waals surface area contributed by atoms with E-state index in [1.807, 2.05) is 31.2 Å². The highest BCUT2D eigenvalue weighted by atomic mass is 16.5. The zero-order valence-electron chi connectivity index (χ0n) is 14.1. The molecule has 1 atom stereocenters. The van der Waals surface area contributed by atoms with Gasteiger partial charge in [-0.25, -0.2) is 0 Å². The van der Waals surface area contributed by atoms with Gasteiger partial charge in [0.1, 0.15) is 5.75 Å². The van der Waals surface area contributed by atoms with Gasteiger partial charge < -0.3 is 15.8 Å². The number of amides is 2. The third-order valence-corrected chi connectivity index (χ3v) is 3.58. The molecule has 0 aliphatic rings. The molecule has 6 nitrogen and oxygen atoms in total. The second-order valence-corrected chi connectivity index (χ2v) is 5.73. The summed E-state index contributed by atoms with van der Waals surface area (Å²) in [5.74, 6) is -1.14. The zero-order valence-corrected chi connectivity index (χ0v) is 14.1. The van der Waals surface area contributed by atoms with E-state index in [2.05, 4.69) is 5.32 Å². The smallest absolute Gasteiger partial charge is 0.313 e. The fourth-order valence-corrected chi connectivity index (χ4v) is 2.35. The Hall–Kier alpha value is -3.15. The Bertz CT molecular complexity index is 784. The van der Waals surface area contributed by atoms with E-state index >= 15 is 0 Å². The average molecular weight is 340 g/mol. The molecule has 2 amide bonds. The Balaban J connectivity index is 2.11. The van der Waals surface area contributed by atoms with Gasteiger partial charge >= 0.3 is 5.97 Å². The van der Waals surface area contributed by atoms with E-state index < -0.39 is 17.9 Å². The van der Waals surface area contributed by atoms with Crippen molar-refractivity contribution in [2.24, 2.45) is 5.73 Å². The van der Waals surface area contributed by atoms with Crippen LogP contribution in [0.25, 0.3) is 0 Å². The molecule has 0 aromatic heterocycles. The number of ether oxygens (including phenoxy) is 1. The summed E-state index contributed by atoms with van der Waals surface area (Å²) in [6, 6.07) is 13.1. The van der Waals surface area contributed by atoms with E-state index in [0.717, 1.165) is 11.1 Å². The topological polar surface area (TPSA) is 98.5 Å². The lowest BCUT2D eigenvalue weighted by Crippen LogP contribution is -2.29. The van der Waals surface area contributed by atoms with Crippen LogP contribution < -0.4 is 15.8 Å². The highest BCUT2D eigenvalue weighted by Crippen LogP contribution is 2.20. The first-order valence-corrected chi connectivity index (χ1v) is 7.79. The maximum Gasteiger partial charge on any atom is 0.313 e. The molecule has 2 aromatic rings. The summed E-state index contributed by atoms with van der Waals surface area (Å²) in [6.45, 7) is 3.35. The summed E-state index contributed by atoms with van der Waals surface area (Å²) in [7, 11) is 0. The summed E-state index contributed by atoms with van der Waals surface area (Å²) in [5.41, 5.74) is 7.35. The van der Waals surface area contributed by atoms with Crippen LogP contribution in [0.5, 0.6) is 5.75 Å². The first kappa shape index (κ1) is 18.2. The average Bonchev–Trinajstić information content (AvgIpc) is 2.54. The minimum absolute atomic E-state index is 0.0383. The summed E-state index contributed by atoms with van der Waals surface area (Å²) in [4.78, 5) is 34.9. The van der Waals surface area contributed by atoms with E-state index in [-0.39, 0.29) is 23.6 Å². The maximum atomic E-state index is 12.2. The van der Waals surface area contributed by atoms with Crippen molar-refractivity contribution in [1.82, 2.24) is 5.32 Å². The van der Waals surface area contributed by atoms with Crippen LogP contribution in [-0.4, -0.2) is 17.8 Å². The molecule has 1 unspecified atom stereocenters. The van der Waals surface area contributed by atoms with Crippen molar-refractivity contribution in [2.45, 2.75) is 26.3 Å². The van der Waals surface area contributed by atoms with E-state index in [0.29, 0.717) is 0 Å². The van der Waals surface area contributed by atoms with Crippen molar-refractivity contribution in [3.63, 3.8) is 0 Å². The number of benzene rings is 2. The van der Waals surface area contributed by atoms with Gasteiger partial charge in [-0.2, -0.15) is 0 Å². The highest BCUT2D eigenvalue weighted by Gasteiger charge is 2.19. The Labute approximate surface area is 146 Å². The Kier molecular flexibility index (Phi) is 5.89. The van der Waals surface area contributed by atoms with Gasteiger partial charge in [-0.1, -0.05) is 35.9 Å². The van der Waals surface area contributed by atoms with Crippen molar-refractivity contribution < 1.29 is 19.1 Å². The summed E-state index contributed by atoms with van der Waals surface area (Å²) < 4.78 is 5.26. The summed E-state index contributed by atoms with van der Waals surface area (Å²) >= 11 is 0. The maximum absolute atomic E-state index is 12.2. The Morgan fingerprint density at radius 1 is 1.12 bits per heavy atom. The van der Waals surface area contributed by atoms with E-state index in [9.17, 15) is 14.4 Å². The molecule has 0 bridgehead atoms. The van der Waals surface area contributed by atoms with Crippen molar-refractivity contribution in [1.29, 1.82) is 0 Å². The molecule has 25 heavy (non-hydrogen) atoms. The van der Waals surface area contributed by atoms with Gasteiger partial charge in [0.05, 0.1) is 12.5 Å². The van der Waals surface area contributed by atoms with Gasteiger partial charge in [0.2, 0.25) is 11.8 Å². The highest BCUT2D eigenvalue weighted by molar-refractivity contribution is 5.93. The second kappa shape index (κ2) is 8.10. The number of hydrogen-bond donors (Lipinski definition) is 2. The van der Waals surface area contributed by atoms with Crippen LogP contribution in [0.4, 0.5) is 0 Å². The lowest BCUT2D eigenvalue weighted by Gasteiger charge is -2.18. The number of aryl methyl sites for hydroxylation is 1. The lowest BCUT2D eigenvalue weighted by molar-refractivity contribution is -0.135. The number of hydrogen-bond acceptors (Lipinski definition) is 4. The lowest BCUT2D eigenvalue weighted by atomic mass is 10.0. The zero-order chi connectivity index (χ0) is 18.4. The van der Waals surface area contributed by atoms with Gasteiger partial charge in [0.25, 0.3) is 0 Å². The van der Waals surface area contributed by atoms with Crippen molar-refractivity contribution in [3.8, 4) is 5.75 Å². The summed E-state index contributed by atoms with van der Waals surface area (Å²) in [6.07, 6.45) is -0.0383. The molecule has 0 radical (unpaired) electrons. The fraction of sp³-hybridized carbons (Fsp3) is 0.211. The molecule has 3 N–H and O–H groups in total. The van der Waals surface area contributed by atoms with Crippen LogP contribution >= 0.6 is 0 Å². The molecule has 0 spiro atoms. The van der Waals surface area contributed by atoms with Gasteiger partial charge in [-0.3, -0.25) is 14.4 Å². The molecule has 130 valence electrons. The third-order valence-electron chi connectivity index (χ3n) is 3.58. The molecular weight excluding hydrogens is 320 g/mol. The molecule has 0 saturated carbocycles. The largest absolute Gasteiger partial charge is 0.426 e. The Morgan fingerprint density at radius 3 is 2.40 bits per heavy atom. The van der Waals surface area contributed by atoms with Crippen molar-refractivity contribution in [2.75, 3.05) is 0 Å². The van der Waals surface area contributed by atoms with Crippen molar-refractivity contribution in [3.05, 3.63) is 65.2 Å². The molecular formula is C19H20N2O4. The molecule has 2 rings (SSSR count). The van der Waals surface area contributed by atoms with Crippen LogP contribution in [0.15, 0.2) is 48.5 Å². The molecule has 6 heteroatoms. The predicted octanol–water partition coefficient (Wildman–Crippen LogP) is 2.27. The number of nitrogens with two attached hydrogens (primary N) is 1. The third kappa shape index (κ3) is 5.46. The minimum Gasteiger partial charge on any atom is -0.426 e. The first-order chi connectivity index (χ1) is 11.8. The fourth-order valence-electron chi connectivity index (χ4n) is 2.35. The van der Waals surface area contributed by atoms with E-state index in [1.165, 1.54) is 19.1 Å². The monoisotopic (exact) mass is 340 g/mol. The normalized spacial score (nSPS) is 11.4. The van der Waals surface area contributed by atoms with Crippen LogP contribution in [0.3, 0.4) is 0 Å². The van der Waals surface area contributed by atoms with Crippen LogP contribution in [0, 0.1) is 6.92 Å².